The van der Waals surface area contributed by atoms with Crippen LogP contribution in [-0.4, -0.2) is 63.3 Å². The van der Waals surface area contributed by atoms with Crippen LogP contribution in [0, 0.1) is 13.8 Å². The molecule has 126 valence electrons. The molecule has 0 aromatic carbocycles. The fraction of sp³-hybridized carbons (Fsp3) is 0.615. The van der Waals surface area contributed by atoms with E-state index in [9.17, 15) is 13.2 Å². The molecule has 1 amide bonds. The molecule has 1 aromatic heterocycles. The minimum Gasteiger partial charge on any atom is -0.339 e. The Labute approximate surface area is 141 Å². The highest BCUT2D eigenvalue weighted by Gasteiger charge is 2.28. The molecule has 0 atom stereocenters. The lowest BCUT2D eigenvalue weighted by Gasteiger charge is -2.29. The second kappa shape index (κ2) is 7.74. The van der Waals surface area contributed by atoms with E-state index in [0.717, 1.165) is 27.8 Å². The van der Waals surface area contributed by atoms with E-state index >= 15 is 0 Å². The third-order valence-electron chi connectivity index (χ3n) is 3.47. The van der Waals surface area contributed by atoms with Gasteiger partial charge in [-0.15, -0.1) is 23.7 Å². The van der Waals surface area contributed by atoms with Crippen molar-refractivity contribution in [3.8, 4) is 0 Å². The number of sulfonamides is 1. The number of rotatable bonds is 4. The van der Waals surface area contributed by atoms with Crippen LogP contribution < -0.4 is 5.32 Å². The summed E-state index contributed by atoms with van der Waals surface area (Å²) in [6, 6.07) is 1.85. The van der Waals surface area contributed by atoms with Crippen LogP contribution in [-0.2, 0) is 14.8 Å². The standard InChI is InChI=1S/C13H21N3O3S2.ClH/c1-10-8-11(2)20-13(10)21(18,19)15(3)9-12(17)16-6-4-14-5-7-16;/h8,14H,4-7,9H2,1-3H3;1H. The zero-order chi connectivity index (χ0) is 15.6. The Morgan fingerprint density at radius 3 is 2.45 bits per heavy atom. The molecular formula is C13H22ClN3O3S2. The highest BCUT2D eigenvalue weighted by molar-refractivity contribution is 7.91. The fourth-order valence-corrected chi connectivity index (χ4v) is 5.28. The van der Waals surface area contributed by atoms with Gasteiger partial charge >= 0.3 is 0 Å². The summed E-state index contributed by atoms with van der Waals surface area (Å²) >= 11 is 1.25. The molecule has 6 nitrogen and oxygen atoms in total. The predicted octanol–water partition coefficient (Wildman–Crippen LogP) is 0.839. The van der Waals surface area contributed by atoms with Crippen LogP contribution in [0.2, 0.25) is 0 Å². The lowest BCUT2D eigenvalue weighted by molar-refractivity contribution is -0.131. The maximum absolute atomic E-state index is 12.5. The zero-order valence-electron chi connectivity index (χ0n) is 13.0. The topological polar surface area (TPSA) is 69.7 Å². The Bertz CT molecular complexity index is 624. The summed E-state index contributed by atoms with van der Waals surface area (Å²) in [5, 5.41) is 3.17. The number of nitrogens with one attached hydrogen (secondary N) is 1. The molecule has 22 heavy (non-hydrogen) atoms. The molecule has 1 aliphatic heterocycles. The molecule has 2 heterocycles. The second-order valence-corrected chi connectivity index (χ2v) is 8.72. The van der Waals surface area contributed by atoms with Crippen LogP contribution in [0.4, 0.5) is 0 Å². The van der Waals surface area contributed by atoms with Crippen molar-refractivity contribution in [1.29, 1.82) is 0 Å². The van der Waals surface area contributed by atoms with Gasteiger partial charge < -0.3 is 10.2 Å². The predicted molar refractivity (Wildman–Crippen MR) is 90.3 cm³/mol. The van der Waals surface area contributed by atoms with Crippen LogP contribution in [0.3, 0.4) is 0 Å². The van der Waals surface area contributed by atoms with Crippen molar-refractivity contribution in [3.63, 3.8) is 0 Å². The average molecular weight is 368 g/mol. The molecule has 9 heteroatoms. The second-order valence-electron chi connectivity index (χ2n) is 5.22. The third-order valence-corrected chi connectivity index (χ3v) is 7.04. The van der Waals surface area contributed by atoms with Crippen molar-refractivity contribution in [1.82, 2.24) is 14.5 Å². The smallest absolute Gasteiger partial charge is 0.253 e. The Morgan fingerprint density at radius 1 is 1.36 bits per heavy atom. The minimum absolute atomic E-state index is 0. The number of halogens is 1. The molecule has 1 saturated heterocycles. The van der Waals surface area contributed by atoms with E-state index in [0.29, 0.717) is 17.3 Å². The molecule has 0 unspecified atom stereocenters. The van der Waals surface area contributed by atoms with Gasteiger partial charge in [0.1, 0.15) is 4.21 Å². The molecule has 2 rings (SSSR count). The summed E-state index contributed by atoms with van der Waals surface area (Å²) in [6.45, 7) is 6.31. The molecule has 1 fully saturated rings. The van der Waals surface area contributed by atoms with Crippen LogP contribution in [0.15, 0.2) is 10.3 Å². The highest BCUT2D eigenvalue weighted by atomic mass is 35.5. The maximum Gasteiger partial charge on any atom is 0.253 e. The molecule has 1 N–H and O–H groups in total. The van der Waals surface area contributed by atoms with Gasteiger partial charge in [0.05, 0.1) is 6.54 Å². The van der Waals surface area contributed by atoms with E-state index in [1.165, 1.54) is 18.4 Å². The highest BCUT2D eigenvalue weighted by Crippen LogP contribution is 2.28. The number of nitrogens with zero attached hydrogens (tertiary/aromatic N) is 2. The first-order valence-electron chi connectivity index (χ1n) is 6.84. The largest absolute Gasteiger partial charge is 0.339 e. The number of amides is 1. The van der Waals surface area contributed by atoms with Gasteiger partial charge in [0.15, 0.2) is 0 Å². The molecule has 1 aromatic rings. The van der Waals surface area contributed by atoms with E-state index < -0.39 is 10.0 Å². The number of piperazine rings is 1. The average Bonchev–Trinajstić information content (AvgIpc) is 2.79. The summed E-state index contributed by atoms with van der Waals surface area (Å²) in [6.07, 6.45) is 0. The van der Waals surface area contributed by atoms with Gasteiger partial charge in [-0.05, 0) is 25.5 Å². The van der Waals surface area contributed by atoms with E-state index in [1.807, 2.05) is 13.0 Å². The summed E-state index contributed by atoms with van der Waals surface area (Å²) < 4.78 is 26.6. The molecule has 0 radical (unpaired) electrons. The molecule has 0 bridgehead atoms. The number of thiophene rings is 1. The van der Waals surface area contributed by atoms with Gasteiger partial charge in [-0.2, -0.15) is 4.31 Å². The van der Waals surface area contributed by atoms with Crippen LogP contribution in [0.25, 0.3) is 0 Å². The Hall–Kier alpha value is -0.670. The van der Waals surface area contributed by atoms with Gasteiger partial charge in [-0.25, -0.2) is 8.42 Å². The van der Waals surface area contributed by atoms with E-state index in [1.54, 1.807) is 11.8 Å². The van der Waals surface area contributed by atoms with Gasteiger partial charge in [-0.3, -0.25) is 4.79 Å². The number of carbonyl (C=O) groups excluding carboxylic acids is 1. The Morgan fingerprint density at radius 2 is 1.95 bits per heavy atom. The number of carbonyl (C=O) groups is 1. The maximum atomic E-state index is 12.5. The molecule has 0 spiro atoms. The summed E-state index contributed by atoms with van der Waals surface area (Å²) in [7, 11) is -2.13. The SMILES string of the molecule is Cc1cc(C)c(S(=O)(=O)N(C)CC(=O)N2CCNCC2)s1.Cl. The Balaban J connectivity index is 0.00000242. The van der Waals surface area contributed by atoms with E-state index in [2.05, 4.69) is 5.32 Å². The summed E-state index contributed by atoms with van der Waals surface area (Å²) in [4.78, 5) is 14.8. The van der Waals surface area contributed by atoms with Gasteiger partial charge in [0, 0.05) is 38.1 Å². The number of aryl methyl sites for hydroxylation is 2. The number of hydrogen-bond donors (Lipinski definition) is 1. The normalized spacial score (nSPS) is 15.7. The van der Waals surface area contributed by atoms with Crippen LogP contribution >= 0.6 is 23.7 Å². The van der Waals surface area contributed by atoms with Crippen LogP contribution in [0.1, 0.15) is 10.4 Å². The van der Waals surface area contributed by atoms with Crippen molar-refractivity contribution in [2.24, 2.45) is 0 Å². The molecule has 0 saturated carbocycles. The lowest BCUT2D eigenvalue weighted by Crippen LogP contribution is -2.49. The van der Waals surface area contributed by atoms with E-state index in [4.69, 9.17) is 0 Å². The first-order chi connectivity index (χ1) is 9.82. The third kappa shape index (κ3) is 4.20. The lowest BCUT2D eigenvalue weighted by atomic mass is 10.3. The fourth-order valence-electron chi connectivity index (χ4n) is 2.31. The summed E-state index contributed by atoms with van der Waals surface area (Å²) in [5.74, 6) is -0.145. The van der Waals surface area contributed by atoms with Gasteiger partial charge in [0.2, 0.25) is 5.91 Å². The van der Waals surface area contributed by atoms with Crippen molar-refractivity contribution >= 4 is 39.7 Å². The minimum atomic E-state index is -3.59. The van der Waals surface area contributed by atoms with Gasteiger partial charge in [-0.1, -0.05) is 0 Å². The molecular weight excluding hydrogens is 346 g/mol. The zero-order valence-corrected chi connectivity index (χ0v) is 15.4. The molecule has 0 aliphatic carbocycles. The quantitative estimate of drug-likeness (QED) is 0.856. The van der Waals surface area contributed by atoms with Crippen molar-refractivity contribution in [2.75, 3.05) is 39.8 Å². The van der Waals surface area contributed by atoms with Crippen molar-refractivity contribution < 1.29 is 13.2 Å². The summed E-state index contributed by atoms with van der Waals surface area (Å²) in [5.41, 5.74) is 0.735. The van der Waals surface area contributed by atoms with Crippen molar-refractivity contribution in [3.05, 3.63) is 16.5 Å². The monoisotopic (exact) mass is 367 g/mol. The van der Waals surface area contributed by atoms with Crippen LogP contribution in [0.5, 0.6) is 0 Å². The Kier molecular flexibility index (Phi) is 6.82. The first kappa shape index (κ1) is 19.4. The van der Waals surface area contributed by atoms with E-state index in [-0.39, 0.29) is 24.9 Å². The number of likely N-dealkylation sites (N-methyl/N-ethyl adjacent to an activating group) is 1. The number of hydrogen-bond acceptors (Lipinski definition) is 5. The molecule has 1 aliphatic rings. The van der Waals surface area contributed by atoms with Gasteiger partial charge in [0.25, 0.3) is 10.0 Å². The van der Waals surface area contributed by atoms with Crippen molar-refractivity contribution in [2.45, 2.75) is 18.1 Å². The first-order valence-corrected chi connectivity index (χ1v) is 9.10.